The van der Waals surface area contributed by atoms with Gasteiger partial charge in [0.2, 0.25) is 5.91 Å². The van der Waals surface area contributed by atoms with Gasteiger partial charge >= 0.3 is 6.03 Å². The van der Waals surface area contributed by atoms with Gasteiger partial charge in [-0.2, -0.15) is 0 Å². The third kappa shape index (κ3) is 1.39. The summed E-state index contributed by atoms with van der Waals surface area (Å²) in [4.78, 5) is 24.8. The summed E-state index contributed by atoms with van der Waals surface area (Å²) in [5.41, 5.74) is 0. The lowest BCUT2D eigenvalue weighted by molar-refractivity contribution is -0.130. The molecule has 2 aliphatic rings. The molecule has 0 aromatic heterocycles. The van der Waals surface area contributed by atoms with Crippen molar-refractivity contribution in [1.29, 1.82) is 0 Å². The lowest BCUT2D eigenvalue weighted by Crippen LogP contribution is -2.61. The Balaban J connectivity index is 2.21. The average Bonchev–Trinajstić information content (AvgIpc) is 2.50. The smallest absolute Gasteiger partial charge is 0.324 e. The Morgan fingerprint density at radius 2 is 2.21 bits per heavy atom. The fraction of sp³-hybridized carbons (Fsp3) is 0.778. The number of urea groups is 1. The van der Waals surface area contributed by atoms with Crippen molar-refractivity contribution in [3.05, 3.63) is 0 Å². The van der Waals surface area contributed by atoms with Gasteiger partial charge in [-0.15, -0.1) is 11.8 Å². The van der Waals surface area contributed by atoms with Gasteiger partial charge in [-0.1, -0.05) is 0 Å². The molecular weight excluding hydrogens is 200 g/mol. The molecule has 0 radical (unpaired) electrons. The summed E-state index contributed by atoms with van der Waals surface area (Å²) in [7, 11) is 0. The molecule has 2 heterocycles. The highest BCUT2D eigenvalue weighted by atomic mass is 32.2. The Morgan fingerprint density at radius 1 is 1.50 bits per heavy atom. The van der Waals surface area contributed by atoms with Crippen molar-refractivity contribution in [3.63, 3.8) is 0 Å². The minimum Gasteiger partial charge on any atom is -0.333 e. The van der Waals surface area contributed by atoms with Crippen LogP contribution in [0.25, 0.3) is 0 Å². The molecule has 2 unspecified atom stereocenters. The maximum Gasteiger partial charge on any atom is 0.324 e. The van der Waals surface area contributed by atoms with Crippen molar-refractivity contribution in [2.75, 3.05) is 5.75 Å². The molecule has 2 saturated heterocycles. The molecule has 78 valence electrons. The number of thioether (sulfide) groups is 1. The zero-order chi connectivity index (χ0) is 10.3. The molecule has 14 heavy (non-hydrogen) atoms. The summed E-state index contributed by atoms with van der Waals surface area (Å²) in [6, 6.07) is -0.214. The molecule has 2 fully saturated rings. The molecule has 2 rings (SSSR count). The molecule has 0 aromatic rings. The molecule has 4 nitrogen and oxygen atoms in total. The van der Waals surface area contributed by atoms with Gasteiger partial charge in [0.05, 0.1) is 6.04 Å². The third-order valence-electron chi connectivity index (χ3n) is 2.62. The van der Waals surface area contributed by atoms with Crippen LogP contribution in [0.15, 0.2) is 0 Å². The van der Waals surface area contributed by atoms with Crippen LogP contribution in [0.1, 0.15) is 20.3 Å². The maximum absolute atomic E-state index is 11.9. The van der Waals surface area contributed by atoms with Crippen molar-refractivity contribution < 1.29 is 9.59 Å². The quantitative estimate of drug-likeness (QED) is 0.703. The lowest BCUT2D eigenvalue weighted by Gasteiger charge is -2.35. The van der Waals surface area contributed by atoms with E-state index in [1.54, 1.807) is 11.8 Å². The maximum atomic E-state index is 11.9. The van der Waals surface area contributed by atoms with Crippen molar-refractivity contribution in [1.82, 2.24) is 10.2 Å². The summed E-state index contributed by atoms with van der Waals surface area (Å²) in [6.45, 7) is 3.72. The number of fused-ring (bicyclic) bond motifs is 1. The zero-order valence-corrected chi connectivity index (χ0v) is 9.13. The van der Waals surface area contributed by atoms with E-state index in [1.807, 2.05) is 13.8 Å². The van der Waals surface area contributed by atoms with Gasteiger partial charge < -0.3 is 5.32 Å². The molecule has 2 aliphatic heterocycles. The number of hydrogen-bond acceptors (Lipinski definition) is 3. The standard InChI is InChI=1S/C9H14N2O2S/c1-5(2)11-8(12)7-6(3-4-14-7)10-9(11)13/h5-7H,3-4H2,1-2H3,(H,10,13). The van der Waals surface area contributed by atoms with Crippen LogP contribution < -0.4 is 5.32 Å². The van der Waals surface area contributed by atoms with Gasteiger partial charge in [-0.05, 0) is 26.0 Å². The minimum atomic E-state index is -0.228. The van der Waals surface area contributed by atoms with Crippen molar-refractivity contribution in [2.45, 2.75) is 37.6 Å². The molecule has 2 atom stereocenters. The van der Waals surface area contributed by atoms with E-state index in [-0.39, 0.29) is 29.3 Å². The predicted molar refractivity (Wildman–Crippen MR) is 55.2 cm³/mol. The molecule has 1 N–H and O–H groups in total. The third-order valence-corrected chi connectivity index (χ3v) is 3.98. The molecule has 3 amide bonds. The van der Waals surface area contributed by atoms with Crippen LogP contribution in [0.4, 0.5) is 4.79 Å². The highest BCUT2D eigenvalue weighted by molar-refractivity contribution is 8.00. The largest absolute Gasteiger partial charge is 0.333 e. The Labute approximate surface area is 87.4 Å². The second-order valence-electron chi connectivity index (χ2n) is 3.94. The predicted octanol–water partition coefficient (Wildman–Crippen LogP) is 0.821. The Hall–Kier alpha value is -0.710. The molecule has 0 aliphatic carbocycles. The van der Waals surface area contributed by atoms with E-state index in [1.165, 1.54) is 4.90 Å². The Bertz CT molecular complexity index is 280. The monoisotopic (exact) mass is 214 g/mol. The second kappa shape index (κ2) is 3.46. The first kappa shape index (κ1) is 9.83. The number of nitrogens with one attached hydrogen (secondary N) is 1. The number of amides is 3. The van der Waals surface area contributed by atoms with Crippen molar-refractivity contribution in [3.8, 4) is 0 Å². The highest BCUT2D eigenvalue weighted by Gasteiger charge is 2.44. The van der Waals surface area contributed by atoms with Crippen molar-refractivity contribution >= 4 is 23.7 Å². The zero-order valence-electron chi connectivity index (χ0n) is 8.32. The number of rotatable bonds is 1. The van der Waals surface area contributed by atoms with E-state index in [0.29, 0.717) is 0 Å². The molecule has 0 saturated carbocycles. The number of carbonyl (C=O) groups excluding carboxylic acids is 2. The van der Waals surface area contributed by atoms with Crippen LogP contribution in [-0.4, -0.2) is 39.9 Å². The molecule has 0 spiro atoms. The Morgan fingerprint density at radius 3 is 2.86 bits per heavy atom. The van der Waals surface area contributed by atoms with E-state index >= 15 is 0 Å². The summed E-state index contributed by atoms with van der Waals surface area (Å²) < 4.78 is 0. The van der Waals surface area contributed by atoms with E-state index in [4.69, 9.17) is 0 Å². The normalized spacial score (nSPS) is 32.1. The first-order valence-corrected chi connectivity index (χ1v) is 5.91. The van der Waals surface area contributed by atoms with Crippen LogP contribution in [-0.2, 0) is 4.79 Å². The second-order valence-corrected chi connectivity index (χ2v) is 5.19. The lowest BCUT2D eigenvalue weighted by atomic mass is 10.1. The summed E-state index contributed by atoms with van der Waals surface area (Å²) in [5, 5.41) is 2.84. The topological polar surface area (TPSA) is 49.4 Å². The van der Waals surface area contributed by atoms with E-state index < -0.39 is 0 Å². The summed E-state index contributed by atoms with van der Waals surface area (Å²) in [5.74, 6) is 0.948. The summed E-state index contributed by atoms with van der Waals surface area (Å²) >= 11 is 1.65. The van der Waals surface area contributed by atoms with Crippen LogP contribution in [0.5, 0.6) is 0 Å². The van der Waals surface area contributed by atoms with Gasteiger partial charge in [0.15, 0.2) is 0 Å². The van der Waals surface area contributed by atoms with Crippen LogP contribution in [0.2, 0.25) is 0 Å². The molecule has 5 heteroatoms. The Kier molecular flexibility index (Phi) is 2.43. The van der Waals surface area contributed by atoms with Gasteiger partial charge in [0, 0.05) is 6.04 Å². The number of imide groups is 1. The minimum absolute atomic E-state index is 0.0174. The first-order chi connectivity index (χ1) is 6.61. The first-order valence-electron chi connectivity index (χ1n) is 4.86. The van der Waals surface area contributed by atoms with Crippen LogP contribution in [0.3, 0.4) is 0 Å². The average molecular weight is 214 g/mol. The number of hydrogen-bond donors (Lipinski definition) is 1. The van der Waals surface area contributed by atoms with E-state index in [0.717, 1.165) is 12.2 Å². The number of carbonyl (C=O) groups is 2. The van der Waals surface area contributed by atoms with Crippen LogP contribution in [0, 0.1) is 0 Å². The molecule has 0 aromatic carbocycles. The summed E-state index contributed by atoms with van der Waals surface area (Å²) in [6.07, 6.45) is 0.915. The van der Waals surface area contributed by atoms with Gasteiger partial charge in [-0.25, -0.2) is 4.79 Å². The fourth-order valence-corrected chi connectivity index (χ4v) is 3.27. The van der Waals surface area contributed by atoms with Gasteiger partial charge in [0.25, 0.3) is 0 Å². The SMILES string of the molecule is CC(C)N1C(=O)NC2CCSC2C1=O. The van der Waals surface area contributed by atoms with Crippen molar-refractivity contribution in [2.24, 2.45) is 0 Å². The molecular formula is C9H14N2O2S. The fourth-order valence-electron chi connectivity index (χ4n) is 1.94. The van der Waals surface area contributed by atoms with Crippen LogP contribution >= 0.6 is 11.8 Å². The van der Waals surface area contributed by atoms with E-state index in [2.05, 4.69) is 5.32 Å². The van der Waals surface area contributed by atoms with E-state index in [9.17, 15) is 9.59 Å². The highest BCUT2D eigenvalue weighted by Crippen LogP contribution is 2.31. The van der Waals surface area contributed by atoms with Gasteiger partial charge in [0.1, 0.15) is 5.25 Å². The number of nitrogens with zero attached hydrogens (tertiary/aromatic N) is 1. The van der Waals surface area contributed by atoms with Gasteiger partial charge in [-0.3, -0.25) is 9.69 Å². The molecule has 0 bridgehead atoms.